The Morgan fingerprint density at radius 3 is 2.11 bits per heavy atom. The number of hydrogen-bond acceptors (Lipinski definition) is 2. The molecule has 1 atom stereocenters. The molecule has 5 nitrogen and oxygen atoms in total. The molecule has 0 radical (unpaired) electrons. The molecule has 2 amide bonds. The molecular weight excluding hydrogens is 232 g/mol. The van der Waals surface area contributed by atoms with Gasteiger partial charge in [-0.3, -0.25) is 4.79 Å². The van der Waals surface area contributed by atoms with Crippen LogP contribution >= 0.6 is 0 Å². The molecule has 0 spiro atoms. The van der Waals surface area contributed by atoms with Crippen LogP contribution in [0.3, 0.4) is 0 Å². The molecule has 0 heterocycles. The summed E-state index contributed by atoms with van der Waals surface area (Å²) in [7, 11) is 0. The van der Waals surface area contributed by atoms with Crippen LogP contribution in [0.15, 0.2) is 25.3 Å². The van der Waals surface area contributed by atoms with Crippen molar-refractivity contribution in [2.75, 3.05) is 19.6 Å². The smallest absolute Gasteiger partial charge is 0.320 e. The molecule has 0 rings (SSSR count). The highest BCUT2D eigenvalue weighted by molar-refractivity contribution is 5.76. The molecule has 0 aromatic rings. The van der Waals surface area contributed by atoms with E-state index in [-0.39, 0.29) is 18.5 Å². The number of carboxylic acid groups (broad SMARTS) is 1. The van der Waals surface area contributed by atoms with Crippen LogP contribution in [0.1, 0.15) is 20.3 Å². The number of carboxylic acids is 1. The lowest BCUT2D eigenvalue weighted by Crippen LogP contribution is -2.47. The van der Waals surface area contributed by atoms with Crippen LogP contribution in [0.25, 0.3) is 0 Å². The highest BCUT2D eigenvalue weighted by Crippen LogP contribution is 2.08. The maximum absolute atomic E-state index is 12.2. The first-order valence-corrected chi connectivity index (χ1v) is 5.97. The van der Waals surface area contributed by atoms with Gasteiger partial charge in [-0.05, 0) is 13.8 Å². The summed E-state index contributed by atoms with van der Waals surface area (Å²) in [6, 6.07) is -0.525. The molecule has 0 aliphatic heterocycles. The second-order valence-electron chi connectivity index (χ2n) is 4.00. The molecule has 1 unspecified atom stereocenters. The van der Waals surface area contributed by atoms with Gasteiger partial charge in [0.25, 0.3) is 0 Å². The van der Waals surface area contributed by atoms with Crippen LogP contribution in [-0.4, -0.2) is 52.6 Å². The van der Waals surface area contributed by atoms with E-state index in [2.05, 4.69) is 13.2 Å². The Kier molecular flexibility index (Phi) is 7.51. The van der Waals surface area contributed by atoms with Gasteiger partial charge in [0.2, 0.25) is 0 Å². The summed E-state index contributed by atoms with van der Waals surface area (Å²) in [5, 5.41) is 8.77. The van der Waals surface area contributed by atoms with Crippen molar-refractivity contribution in [2.24, 2.45) is 0 Å². The Labute approximate surface area is 108 Å². The van der Waals surface area contributed by atoms with E-state index < -0.39 is 5.97 Å². The molecule has 102 valence electrons. The van der Waals surface area contributed by atoms with Crippen LogP contribution in [0.5, 0.6) is 0 Å². The number of nitrogens with zero attached hydrogens (tertiary/aromatic N) is 2. The summed E-state index contributed by atoms with van der Waals surface area (Å²) in [6.45, 7) is 12.1. The summed E-state index contributed by atoms with van der Waals surface area (Å²) in [5.74, 6) is -0.909. The summed E-state index contributed by atoms with van der Waals surface area (Å²) in [4.78, 5) is 26.0. The van der Waals surface area contributed by atoms with Crippen molar-refractivity contribution in [3.63, 3.8) is 0 Å². The molecule has 0 aliphatic carbocycles. The van der Waals surface area contributed by atoms with Crippen LogP contribution in [-0.2, 0) is 4.79 Å². The first kappa shape index (κ1) is 16.2. The first-order valence-electron chi connectivity index (χ1n) is 5.97. The number of rotatable bonds is 8. The molecular formula is C13H22N2O3. The zero-order chi connectivity index (χ0) is 14.1. The second-order valence-corrected chi connectivity index (χ2v) is 4.00. The third kappa shape index (κ3) is 5.03. The predicted octanol–water partition coefficient (Wildman–Crippen LogP) is 1.97. The van der Waals surface area contributed by atoms with Gasteiger partial charge in [0.1, 0.15) is 0 Å². The minimum absolute atomic E-state index is 0.0599. The zero-order valence-electron chi connectivity index (χ0n) is 11.1. The monoisotopic (exact) mass is 254 g/mol. The van der Waals surface area contributed by atoms with Gasteiger partial charge in [-0.25, -0.2) is 4.79 Å². The maximum Gasteiger partial charge on any atom is 0.320 e. The van der Waals surface area contributed by atoms with Crippen LogP contribution in [0.4, 0.5) is 4.79 Å². The van der Waals surface area contributed by atoms with Gasteiger partial charge in [-0.1, -0.05) is 12.2 Å². The van der Waals surface area contributed by atoms with Gasteiger partial charge in [0.15, 0.2) is 0 Å². The summed E-state index contributed by atoms with van der Waals surface area (Å²) < 4.78 is 0. The molecule has 0 bridgehead atoms. The van der Waals surface area contributed by atoms with E-state index in [4.69, 9.17) is 5.11 Å². The molecule has 1 N–H and O–H groups in total. The first-order chi connectivity index (χ1) is 8.47. The molecule has 0 saturated carbocycles. The van der Waals surface area contributed by atoms with E-state index in [1.807, 2.05) is 6.92 Å². The predicted molar refractivity (Wildman–Crippen MR) is 71.5 cm³/mol. The van der Waals surface area contributed by atoms with Crippen molar-refractivity contribution in [3.05, 3.63) is 25.3 Å². The van der Waals surface area contributed by atoms with Gasteiger partial charge < -0.3 is 14.9 Å². The summed E-state index contributed by atoms with van der Waals surface area (Å²) in [5.41, 5.74) is 0. The molecule has 0 aliphatic rings. The van der Waals surface area contributed by atoms with Crippen molar-refractivity contribution in [1.29, 1.82) is 0 Å². The molecule has 0 saturated heterocycles. The summed E-state index contributed by atoms with van der Waals surface area (Å²) >= 11 is 0. The Morgan fingerprint density at radius 1 is 1.28 bits per heavy atom. The second kappa shape index (κ2) is 8.33. The quantitative estimate of drug-likeness (QED) is 0.674. The van der Waals surface area contributed by atoms with Crippen molar-refractivity contribution in [1.82, 2.24) is 9.80 Å². The zero-order valence-corrected chi connectivity index (χ0v) is 11.1. The van der Waals surface area contributed by atoms with E-state index in [0.717, 1.165) is 0 Å². The Hall–Kier alpha value is -1.78. The van der Waals surface area contributed by atoms with Gasteiger partial charge in [0, 0.05) is 25.7 Å². The van der Waals surface area contributed by atoms with Crippen LogP contribution < -0.4 is 0 Å². The fourth-order valence-corrected chi connectivity index (χ4v) is 1.72. The highest BCUT2D eigenvalue weighted by atomic mass is 16.4. The largest absolute Gasteiger partial charge is 0.481 e. The minimum Gasteiger partial charge on any atom is -0.481 e. The Morgan fingerprint density at radius 2 is 1.78 bits per heavy atom. The molecule has 5 heteroatoms. The van der Waals surface area contributed by atoms with Crippen molar-refractivity contribution in [3.8, 4) is 0 Å². The molecule has 0 fully saturated rings. The normalized spacial score (nSPS) is 11.4. The van der Waals surface area contributed by atoms with E-state index in [1.54, 1.807) is 28.9 Å². The van der Waals surface area contributed by atoms with Gasteiger partial charge in [0.05, 0.1) is 6.42 Å². The van der Waals surface area contributed by atoms with Crippen molar-refractivity contribution in [2.45, 2.75) is 26.3 Å². The average molecular weight is 254 g/mol. The van der Waals surface area contributed by atoms with E-state index in [0.29, 0.717) is 19.6 Å². The van der Waals surface area contributed by atoms with E-state index in [1.165, 1.54) is 0 Å². The third-order valence-corrected chi connectivity index (χ3v) is 2.56. The number of amides is 2. The highest BCUT2D eigenvalue weighted by Gasteiger charge is 2.24. The SMILES string of the molecule is C=CCN(CC=C)C(=O)N(CC)C(C)CC(=O)O. The molecule has 18 heavy (non-hydrogen) atoms. The number of carbonyl (C=O) groups is 2. The fraction of sp³-hybridized carbons (Fsp3) is 0.538. The lowest BCUT2D eigenvalue weighted by Gasteiger charge is -2.32. The number of aliphatic carboxylic acids is 1. The fourth-order valence-electron chi connectivity index (χ4n) is 1.72. The lowest BCUT2D eigenvalue weighted by molar-refractivity contribution is -0.138. The average Bonchev–Trinajstić information content (AvgIpc) is 2.28. The number of urea groups is 1. The summed E-state index contributed by atoms with van der Waals surface area (Å²) in [6.07, 6.45) is 3.21. The van der Waals surface area contributed by atoms with Gasteiger partial charge >= 0.3 is 12.0 Å². The van der Waals surface area contributed by atoms with E-state index >= 15 is 0 Å². The topological polar surface area (TPSA) is 60.9 Å². The molecule has 0 aromatic carbocycles. The number of hydrogen-bond donors (Lipinski definition) is 1. The Balaban J connectivity index is 4.78. The maximum atomic E-state index is 12.2. The minimum atomic E-state index is -0.909. The van der Waals surface area contributed by atoms with Crippen LogP contribution in [0, 0.1) is 0 Å². The van der Waals surface area contributed by atoms with Gasteiger partial charge in [-0.2, -0.15) is 0 Å². The van der Waals surface area contributed by atoms with Crippen molar-refractivity contribution >= 4 is 12.0 Å². The number of carbonyl (C=O) groups excluding carboxylic acids is 1. The van der Waals surface area contributed by atoms with Crippen molar-refractivity contribution < 1.29 is 14.7 Å². The van der Waals surface area contributed by atoms with Gasteiger partial charge in [-0.15, -0.1) is 13.2 Å². The van der Waals surface area contributed by atoms with E-state index in [9.17, 15) is 9.59 Å². The Bertz CT molecular complexity index is 305. The molecule has 0 aromatic heterocycles. The lowest BCUT2D eigenvalue weighted by atomic mass is 10.2. The van der Waals surface area contributed by atoms with Crippen LogP contribution in [0.2, 0.25) is 0 Å². The standard InChI is InChI=1S/C13H22N2O3/c1-5-8-14(9-6-2)13(18)15(7-3)11(4)10-12(16)17/h5-6,11H,1-2,7-10H2,3-4H3,(H,16,17). The third-order valence-electron chi connectivity index (χ3n) is 2.56.